The molecule has 10 nitrogen and oxygen atoms in total. The van der Waals surface area contributed by atoms with Crippen molar-refractivity contribution in [2.75, 3.05) is 26.8 Å². The quantitative estimate of drug-likeness (QED) is 0.712. The van der Waals surface area contributed by atoms with Crippen molar-refractivity contribution in [2.45, 2.75) is 38.0 Å². The van der Waals surface area contributed by atoms with E-state index in [-0.39, 0.29) is 18.9 Å². The van der Waals surface area contributed by atoms with Crippen molar-refractivity contribution in [3.63, 3.8) is 0 Å². The second kappa shape index (κ2) is 9.18. The summed E-state index contributed by atoms with van der Waals surface area (Å²) in [6, 6.07) is 5.58. The lowest BCUT2D eigenvalue weighted by atomic mass is 9.89. The van der Waals surface area contributed by atoms with Crippen LogP contribution >= 0.6 is 0 Å². The summed E-state index contributed by atoms with van der Waals surface area (Å²) in [5, 5.41) is 13.1. The molecule has 0 unspecified atom stereocenters. The van der Waals surface area contributed by atoms with Gasteiger partial charge in [0.2, 0.25) is 5.75 Å². The minimum absolute atomic E-state index is 0.0639. The molecule has 1 fully saturated rings. The highest BCUT2D eigenvalue weighted by Gasteiger charge is 2.44. The number of carbonyl (C=O) groups is 2. The third kappa shape index (κ3) is 4.40. The highest BCUT2D eigenvalue weighted by Crippen LogP contribution is 2.38. The van der Waals surface area contributed by atoms with Crippen molar-refractivity contribution in [1.29, 1.82) is 0 Å². The van der Waals surface area contributed by atoms with Gasteiger partial charge in [0.05, 0.1) is 7.11 Å². The van der Waals surface area contributed by atoms with Gasteiger partial charge in [-0.25, -0.2) is 14.2 Å². The number of likely N-dealkylation sites (tertiary alicyclic amines) is 1. The van der Waals surface area contributed by atoms with Crippen LogP contribution in [0.5, 0.6) is 5.75 Å². The summed E-state index contributed by atoms with van der Waals surface area (Å²) in [7, 11) is 1.31. The largest absolute Gasteiger partial charge is 0.501 e. The van der Waals surface area contributed by atoms with E-state index < -0.39 is 40.4 Å². The van der Waals surface area contributed by atoms with Gasteiger partial charge in [0, 0.05) is 45.6 Å². The molecule has 3 heterocycles. The predicted molar refractivity (Wildman–Crippen MR) is 113 cm³/mol. The predicted octanol–water partition coefficient (Wildman–Crippen LogP) is 1.50. The van der Waals surface area contributed by atoms with E-state index in [1.807, 2.05) is 0 Å². The highest BCUT2D eigenvalue weighted by atomic mass is 19.1. The molecule has 0 atom stereocenters. The standard InChI is InChI=1S/C22H25FN4O6/c1-32-21(31)26-10-7-22(8-11-26)20-25-16(17(28)19(30)27(20)9-2-12-33-22)18(29)24-13-14-3-5-15(23)6-4-14/h3-6,28H,2,7-13H2,1H3,(H,24,29). The molecule has 0 aliphatic carbocycles. The van der Waals surface area contributed by atoms with Gasteiger partial charge in [-0.1, -0.05) is 12.1 Å². The molecule has 2 N–H and O–H groups in total. The monoisotopic (exact) mass is 460 g/mol. The fraction of sp³-hybridized carbons (Fsp3) is 0.455. The fourth-order valence-electron chi connectivity index (χ4n) is 4.23. The molecule has 33 heavy (non-hydrogen) atoms. The Morgan fingerprint density at radius 3 is 2.61 bits per heavy atom. The van der Waals surface area contributed by atoms with Gasteiger partial charge in [-0.05, 0) is 24.1 Å². The number of aromatic hydroxyl groups is 1. The molecule has 1 aromatic carbocycles. The molecule has 2 aromatic rings. The van der Waals surface area contributed by atoms with Gasteiger partial charge in [0.25, 0.3) is 11.5 Å². The molecule has 0 radical (unpaired) electrons. The van der Waals surface area contributed by atoms with E-state index in [4.69, 9.17) is 9.47 Å². The molecule has 11 heteroatoms. The zero-order chi connectivity index (χ0) is 23.6. The Morgan fingerprint density at radius 1 is 1.24 bits per heavy atom. The molecular weight excluding hydrogens is 435 g/mol. The van der Waals surface area contributed by atoms with Gasteiger partial charge in [-0.2, -0.15) is 0 Å². The molecule has 1 aromatic heterocycles. The van der Waals surface area contributed by atoms with Gasteiger partial charge >= 0.3 is 6.09 Å². The first-order valence-corrected chi connectivity index (χ1v) is 10.7. The number of benzene rings is 1. The summed E-state index contributed by atoms with van der Waals surface area (Å²) >= 11 is 0. The maximum atomic E-state index is 13.1. The molecule has 4 rings (SSSR count). The third-order valence-electron chi connectivity index (χ3n) is 6.04. The molecule has 2 amide bonds. The summed E-state index contributed by atoms with van der Waals surface area (Å²) < 4.78 is 25.4. The lowest BCUT2D eigenvalue weighted by Crippen LogP contribution is -2.48. The first-order chi connectivity index (χ1) is 15.8. The van der Waals surface area contributed by atoms with Crippen molar-refractivity contribution in [3.05, 3.63) is 57.5 Å². The van der Waals surface area contributed by atoms with Gasteiger partial charge in [-0.15, -0.1) is 0 Å². The van der Waals surface area contributed by atoms with Gasteiger partial charge in [0.15, 0.2) is 5.69 Å². The molecule has 176 valence electrons. The van der Waals surface area contributed by atoms with Crippen molar-refractivity contribution < 1.29 is 28.6 Å². The number of nitrogens with one attached hydrogen (secondary N) is 1. The summed E-state index contributed by atoms with van der Waals surface area (Å²) in [5.74, 6) is -1.60. The van der Waals surface area contributed by atoms with Crippen LogP contribution in [0.15, 0.2) is 29.1 Å². The molecular formula is C22H25FN4O6. The highest BCUT2D eigenvalue weighted by molar-refractivity contribution is 5.94. The second-order valence-corrected chi connectivity index (χ2v) is 8.05. The summed E-state index contributed by atoms with van der Waals surface area (Å²) in [5.41, 5.74) is -1.44. The summed E-state index contributed by atoms with van der Waals surface area (Å²) in [4.78, 5) is 43.6. The number of hydrogen-bond acceptors (Lipinski definition) is 7. The van der Waals surface area contributed by atoms with E-state index >= 15 is 0 Å². The van der Waals surface area contributed by atoms with Crippen LogP contribution in [0.25, 0.3) is 0 Å². The maximum Gasteiger partial charge on any atom is 0.409 e. The van der Waals surface area contributed by atoms with Crippen molar-refractivity contribution >= 4 is 12.0 Å². The number of rotatable bonds is 3. The van der Waals surface area contributed by atoms with Gasteiger partial charge in [0.1, 0.15) is 17.2 Å². The Labute approximate surface area is 188 Å². The number of carbonyl (C=O) groups excluding carboxylic acids is 2. The lowest BCUT2D eigenvalue weighted by Gasteiger charge is -2.40. The first-order valence-electron chi connectivity index (χ1n) is 10.7. The number of fused-ring (bicyclic) bond motifs is 2. The molecule has 2 aliphatic rings. The lowest BCUT2D eigenvalue weighted by molar-refractivity contribution is -0.0886. The number of aromatic nitrogens is 2. The molecule has 1 spiro atoms. The summed E-state index contributed by atoms with van der Waals surface area (Å²) in [6.45, 7) is 1.38. The first kappa shape index (κ1) is 22.7. The number of amides is 2. The number of halogens is 1. The van der Waals surface area contributed by atoms with Crippen LogP contribution in [0.3, 0.4) is 0 Å². The van der Waals surface area contributed by atoms with Crippen LogP contribution in [0.1, 0.15) is 41.1 Å². The normalized spacial score (nSPS) is 17.2. The van der Waals surface area contributed by atoms with E-state index in [2.05, 4.69) is 10.3 Å². The zero-order valence-corrected chi connectivity index (χ0v) is 18.2. The van der Waals surface area contributed by atoms with Crippen LogP contribution in [-0.4, -0.2) is 58.4 Å². The zero-order valence-electron chi connectivity index (χ0n) is 18.2. The number of ether oxygens (including phenoxy) is 2. The van der Waals surface area contributed by atoms with Crippen LogP contribution in [-0.2, 0) is 28.2 Å². The van der Waals surface area contributed by atoms with E-state index in [0.717, 1.165) is 0 Å². The number of piperidine rings is 1. The Kier molecular flexibility index (Phi) is 6.32. The average molecular weight is 460 g/mol. The van der Waals surface area contributed by atoms with E-state index in [0.29, 0.717) is 44.5 Å². The number of methoxy groups -OCH3 is 1. The van der Waals surface area contributed by atoms with Gasteiger partial charge < -0.3 is 24.8 Å². The molecule has 1 saturated heterocycles. The summed E-state index contributed by atoms with van der Waals surface area (Å²) in [6.07, 6.45) is 0.800. The second-order valence-electron chi connectivity index (χ2n) is 8.05. The topological polar surface area (TPSA) is 123 Å². The van der Waals surface area contributed by atoms with Crippen LogP contribution in [0, 0.1) is 5.82 Å². The minimum atomic E-state index is -0.972. The number of nitrogens with zero attached hydrogens (tertiary/aromatic N) is 3. The Bertz CT molecular complexity index is 1110. The SMILES string of the molecule is COC(=O)N1CCC2(CC1)OCCCn1c2nc(C(=O)NCc2ccc(F)cc2)c(O)c1=O. The van der Waals surface area contributed by atoms with Crippen molar-refractivity contribution in [1.82, 2.24) is 19.8 Å². The van der Waals surface area contributed by atoms with Crippen LogP contribution < -0.4 is 10.9 Å². The maximum absolute atomic E-state index is 13.1. The smallest absolute Gasteiger partial charge is 0.409 e. The molecule has 0 saturated carbocycles. The Balaban J connectivity index is 1.64. The fourth-order valence-corrected chi connectivity index (χ4v) is 4.23. The number of hydrogen-bond donors (Lipinski definition) is 2. The average Bonchev–Trinajstić information content (AvgIpc) is 3.00. The Hall–Kier alpha value is -3.47. The van der Waals surface area contributed by atoms with Crippen LogP contribution in [0.4, 0.5) is 9.18 Å². The third-order valence-corrected chi connectivity index (χ3v) is 6.04. The van der Waals surface area contributed by atoms with Gasteiger partial charge in [-0.3, -0.25) is 14.2 Å². The van der Waals surface area contributed by atoms with Crippen molar-refractivity contribution in [2.24, 2.45) is 0 Å². The van der Waals surface area contributed by atoms with E-state index in [9.17, 15) is 23.9 Å². The molecule has 0 bridgehead atoms. The van der Waals surface area contributed by atoms with E-state index in [1.165, 1.54) is 35.9 Å². The van der Waals surface area contributed by atoms with Crippen molar-refractivity contribution in [3.8, 4) is 5.75 Å². The molecule has 2 aliphatic heterocycles. The Morgan fingerprint density at radius 2 is 1.94 bits per heavy atom. The van der Waals surface area contributed by atoms with E-state index in [1.54, 1.807) is 4.90 Å². The minimum Gasteiger partial charge on any atom is -0.501 e. The van der Waals surface area contributed by atoms with Crippen LogP contribution in [0.2, 0.25) is 0 Å².